The van der Waals surface area contributed by atoms with E-state index in [0.29, 0.717) is 11.4 Å². The fraction of sp³-hybridized carbons (Fsp3) is 0.200. The number of nitro groups is 1. The number of carbonyl (C=O) groups is 2. The summed E-state index contributed by atoms with van der Waals surface area (Å²) in [6.07, 6.45) is 0. The summed E-state index contributed by atoms with van der Waals surface area (Å²) in [5.41, 5.74) is 1.11. The summed E-state index contributed by atoms with van der Waals surface area (Å²) < 4.78 is 5.18. The van der Waals surface area contributed by atoms with Gasteiger partial charge in [0.2, 0.25) is 0 Å². The molecule has 1 N–H and O–H groups in total. The van der Waals surface area contributed by atoms with Crippen LogP contribution in [-0.2, 0) is 9.53 Å². The van der Waals surface area contributed by atoms with Crippen LogP contribution in [0, 0.1) is 10.1 Å². The van der Waals surface area contributed by atoms with Crippen LogP contribution in [0.3, 0.4) is 0 Å². The van der Waals surface area contributed by atoms with E-state index in [9.17, 15) is 19.7 Å². The van der Waals surface area contributed by atoms with Gasteiger partial charge >= 0.3 is 12.0 Å². The molecule has 28 heavy (non-hydrogen) atoms. The van der Waals surface area contributed by atoms with Gasteiger partial charge in [0, 0.05) is 11.8 Å². The number of esters is 1. The molecule has 8 nitrogen and oxygen atoms in total. The molecular weight excluding hydrogens is 362 g/mol. The van der Waals surface area contributed by atoms with E-state index >= 15 is 0 Å². The highest BCUT2D eigenvalue weighted by molar-refractivity contribution is 6.03. The predicted octanol–water partition coefficient (Wildman–Crippen LogP) is 3.70. The Morgan fingerprint density at radius 2 is 1.82 bits per heavy atom. The number of hydrogen-bond acceptors (Lipinski definition) is 5. The van der Waals surface area contributed by atoms with E-state index in [4.69, 9.17) is 4.74 Å². The molecule has 0 spiro atoms. The van der Waals surface area contributed by atoms with Crippen LogP contribution in [0.4, 0.5) is 16.2 Å². The summed E-state index contributed by atoms with van der Waals surface area (Å²) in [7, 11) is 0. The molecule has 8 heteroatoms. The number of carbonyl (C=O) groups excluding carboxylic acids is 2. The van der Waals surface area contributed by atoms with Gasteiger partial charge in [-0.2, -0.15) is 0 Å². The average Bonchev–Trinajstić information content (AvgIpc) is 2.68. The fourth-order valence-electron chi connectivity index (χ4n) is 3.24. The first kappa shape index (κ1) is 19.1. The molecule has 3 rings (SSSR count). The molecule has 1 heterocycles. The number of hydrogen-bond donors (Lipinski definition) is 1. The minimum atomic E-state index is -0.992. The monoisotopic (exact) mass is 381 g/mol. The Bertz CT molecular complexity index is 955. The van der Waals surface area contributed by atoms with Crippen molar-refractivity contribution in [3.8, 4) is 0 Å². The topological polar surface area (TPSA) is 102 Å². The van der Waals surface area contributed by atoms with Crippen molar-refractivity contribution in [1.29, 1.82) is 0 Å². The molecule has 0 unspecified atom stereocenters. The van der Waals surface area contributed by atoms with E-state index in [2.05, 4.69) is 5.32 Å². The van der Waals surface area contributed by atoms with Crippen molar-refractivity contribution >= 4 is 23.4 Å². The predicted molar refractivity (Wildman–Crippen MR) is 103 cm³/mol. The molecule has 0 saturated heterocycles. The van der Waals surface area contributed by atoms with Crippen molar-refractivity contribution in [2.75, 3.05) is 11.5 Å². The zero-order valence-electron chi connectivity index (χ0n) is 15.4. The second kappa shape index (κ2) is 7.91. The van der Waals surface area contributed by atoms with Crippen molar-refractivity contribution in [2.45, 2.75) is 19.9 Å². The maximum Gasteiger partial charge on any atom is 0.338 e. The molecule has 144 valence electrons. The lowest BCUT2D eigenvalue weighted by Gasteiger charge is -2.35. The number of urea groups is 1. The molecular formula is C20H19N3O5. The second-order valence-electron chi connectivity index (χ2n) is 6.09. The van der Waals surface area contributed by atoms with Crippen molar-refractivity contribution in [2.24, 2.45) is 0 Å². The summed E-state index contributed by atoms with van der Waals surface area (Å²) in [6, 6.07) is 13.4. The summed E-state index contributed by atoms with van der Waals surface area (Å²) in [5, 5.41) is 14.2. The number of nitrogens with zero attached hydrogens (tertiary/aromatic N) is 2. The van der Waals surface area contributed by atoms with Crippen LogP contribution in [-0.4, -0.2) is 23.5 Å². The molecule has 2 aromatic carbocycles. The second-order valence-corrected chi connectivity index (χ2v) is 6.09. The number of benzene rings is 2. The lowest BCUT2D eigenvalue weighted by molar-refractivity contribution is -0.385. The molecule has 0 fully saturated rings. The van der Waals surface area contributed by atoms with Crippen LogP contribution in [0.2, 0.25) is 0 Å². The first-order valence-electron chi connectivity index (χ1n) is 8.72. The molecule has 2 aromatic rings. The Labute approximate surface area is 161 Å². The Morgan fingerprint density at radius 1 is 1.18 bits per heavy atom. The zero-order chi connectivity index (χ0) is 20.3. The molecule has 0 saturated carbocycles. The van der Waals surface area contributed by atoms with E-state index in [1.54, 1.807) is 44.2 Å². The van der Waals surface area contributed by atoms with Crippen molar-refractivity contribution < 1.29 is 19.2 Å². The highest BCUT2D eigenvalue weighted by Gasteiger charge is 2.39. The SMILES string of the molecule is CCOC(=O)C1=C(C)N(c2ccccc2)C(=O)N[C@@H]1c1ccccc1[N+](=O)[O-]. The molecule has 0 bridgehead atoms. The largest absolute Gasteiger partial charge is 0.463 e. The van der Waals surface area contributed by atoms with Gasteiger partial charge in [-0.05, 0) is 32.0 Å². The van der Waals surface area contributed by atoms with Crippen molar-refractivity contribution in [3.05, 3.63) is 81.5 Å². The van der Waals surface area contributed by atoms with E-state index < -0.39 is 23.0 Å². The molecule has 1 aliphatic rings. The van der Waals surface area contributed by atoms with Crippen LogP contribution < -0.4 is 10.2 Å². The van der Waals surface area contributed by atoms with Crippen molar-refractivity contribution in [3.63, 3.8) is 0 Å². The fourth-order valence-corrected chi connectivity index (χ4v) is 3.24. The molecule has 0 aromatic heterocycles. The number of nitro benzene ring substituents is 1. The number of amides is 2. The van der Waals surface area contributed by atoms with E-state index in [0.717, 1.165) is 0 Å². The molecule has 0 aliphatic carbocycles. The van der Waals surface area contributed by atoms with Crippen LogP contribution in [0.1, 0.15) is 25.5 Å². The minimum Gasteiger partial charge on any atom is -0.463 e. The van der Waals surface area contributed by atoms with E-state index in [1.165, 1.54) is 23.1 Å². The first-order chi connectivity index (χ1) is 13.5. The van der Waals surface area contributed by atoms with Gasteiger partial charge < -0.3 is 10.1 Å². The van der Waals surface area contributed by atoms with Crippen LogP contribution >= 0.6 is 0 Å². The van der Waals surface area contributed by atoms with Gasteiger partial charge in [-0.25, -0.2) is 9.59 Å². The van der Waals surface area contributed by atoms with Gasteiger partial charge in [0.25, 0.3) is 5.69 Å². The number of nitrogens with one attached hydrogen (secondary N) is 1. The van der Waals surface area contributed by atoms with Crippen LogP contribution in [0.5, 0.6) is 0 Å². The highest BCUT2D eigenvalue weighted by atomic mass is 16.6. The minimum absolute atomic E-state index is 0.137. The third-order valence-corrected chi connectivity index (χ3v) is 4.44. The average molecular weight is 381 g/mol. The standard InChI is InChI=1S/C20H19N3O5/c1-3-28-19(24)17-13(2)22(14-9-5-4-6-10-14)20(25)21-18(17)15-11-7-8-12-16(15)23(26)27/h4-12,18H,3H2,1-2H3,(H,21,25)/t18-/m1/s1. The Morgan fingerprint density at radius 3 is 2.46 bits per heavy atom. The van der Waals surface area contributed by atoms with Crippen LogP contribution in [0.15, 0.2) is 65.9 Å². The number of anilines is 1. The van der Waals surface area contributed by atoms with Crippen LogP contribution in [0.25, 0.3) is 0 Å². The summed E-state index contributed by atoms with van der Waals surface area (Å²) in [6.45, 7) is 3.43. The first-order valence-corrected chi connectivity index (χ1v) is 8.72. The number of ether oxygens (including phenoxy) is 1. The molecule has 1 aliphatic heterocycles. The maximum absolute atomic E-state index is 12.9. The summed E-state index contributed by atoms with van der Waals surface area (Å²) in [5.74, 6) is -0.635. The van der Waals surface area contributed by atoms with E-state index in [1.807, 2.05) is 6.07 Å². The quantitative estimate of drug-likeness (QED) is 0.483. The maximum atomic E-state index is 12.9. The summed E-state index contributed by atoms with van der Waals surface area (Å²) >= 11 is 0. The Balaban J connectivity index is 2.19. The summed E-state index contributed by atoms with van der Waals surface area (Å²) in [4.78, 5) is 37.9. The number of para-hydroxylation sites is 2. The third kappa shape index (κ3) is 3.44. The smallest absolute Gasteiger partial charge is 0.338 e. The number of allylic oxidation sites excluding steroid dienone is 1. The number of rotatable bonds is 5. The lowest BCUT2D eigenvalue weighted by Crippen LogP contribution is -2.48. The third-order valence-electron chi connectivity index (χ3n) is 4.44. The van der Waals surface area contributed by atoms with E-state index in [-0.39, 0.29) is 23.4 Å². The van der Waals surface area contributed by atoms with Gasteiger partial charge in [-0.15, -0.1) is 0 Å². The van der Waals surface area contributed by atoms with Gasteiger partial charge in [-0.1, -0.05) is 30.3 Å². The highest BCUT2D eigenvalue weighted by Crippen LogP contribution is 2.37. The molecule has 0 radical (unpaired) electrons. The van der Waals surface area contributed by atoms with Gasteiger partial charge in [-0.3, -0.25) is 15.0 Å². The van der Waals surface area contributed by atoms with Gasteiger partial charge in [0.1, 0.15) is 0 Å². The zero-order valence-corrected chi connectivity index (χ0v) is 15.4. The normalized spacial score (nSPS) is 16.6. The van der Waals surface area contributed by atoms with Crippen molar-refractivity contribution in [1.82, 2.24) is 5.32 Å². The lowest BCUT2D eigenvalue weighted by atomic mass is 9.93. The van der Waals surface area contributed by atoms with Gasteiger partial charge in [0.15, 0.2) is 0 Å². The van der Waals surface area contributed by atoms with Gasteiger partial charge in [0.05, 0.1) is 34.4 Å². The Kier molecular flexibility index (Phi) is 5.39. The molecule has 1 atom stereocenters. The molecule has 2 amide bonds. The Hall–Kier alpha value is -3.68.